The lowest BCUT2D eigenvalue weighted by Gasteiger charge is -2.17. The summed E-state index contributed by atoms with van der Waals surface area (Å²) in [6.07, 6.45) is 1.73. The van der Waals surface area contributed by atoms with Crippen LogP contribution in [-0.4, -0.2) is 31.3 Å². The molecule has 1 unspecified atom stereocenters. The molecule has 1 aromatic heterocycles. The van der Waals surface area contributed by atoms with Gasteiger partial charge in [-0.15, -0.1) is 0 Å². The number of nitrogens with zero attached hydrogens (tertiary/aromatic N) is 1. The highest BCUT2D eigenvalue weighted by Crippen LogP contribution is 2.24. The molecular weight excluding hydrogens is 204 g/mol. The van der Waals surface area contributed by atoms with Crippen molar-refractivity contribution >= 4 is 5.69 Å². The molecule has 0 spiro atoms. The number of aryl methyl sites for hydroxylation is 1. The third kappa shape index (κ3) is 3.70. The Hall–Kier alpha value is -1.29. The number of ether oxygens (including phenoxy) is 2. The van der Waals surface area contributed by atoms with E-state index in [1.165, 1.54) is 0 Å². The van der Waals surface area contributed by atoms with E-state index < -0.39 is 0 Å². The van der Waals surface area contributed by atoms with E-state index in [0.717, 1.165) is 23.7 Å². The molecule has 16 heavy (non-hydrogen) atoms. The standard InChI is InChI=1S/C12H20N2O2/c1-5-16-8-10(3)14-11-6-9(2)13-7-12(11)15-4/h6-7,10H,5,8H2,1-4H3,(H,13,14). The summed E-state index contributed by atoms with van der Waals surface area (Å²) in [6.45, 7) is 7.44. The van der Waals surface area contributed by atoms with Gasteiger partial charge < -0.3 is 14.8 Å². The van der Waals surface area contributed by atoms with Gasteiger partial charge in [-0.3, -0.25) is 4.98 Å². The Kier molecular flexibility index (Phi) is 5.05. The minimum atomic E-state index is 0.246. The minimum Gasteiger partial charge on any atom is -0.493 e. The van der Waals surface area contributed by atoms with E-state index in [2.05, 4.69) is 17.2 Å². The predicted octanol–water partition coefficient (Wildman–Crippen LogP) is 2.24. The highest BCUT2D eigenvalue weighted by molar-refractivity contribution is 5.56. The molecule has 0 saturated carbocycles. The van der Waals surface area contributed by atoms with Crippen LogP contribution in [0.1, 0.15) is 19.5 Å². The van der Waals surface area contributed by atoms with Gasteiger partial charge in [-0.1, -0.05) is 0 Å². The smallest absolute Gasteiger partial charge is 0.160 e. The van der Waals surface area contributed by atoms with Gasteiger partial charge in [0.2, 0.25) is 0 Å². The second-order valence-corrected chi connectivity index (χ2v) is 3.73. The summed E-state index contributed by atoms with van der Waals surface area (Å²) < 4.78 is 10.6. The summed E-state index contributed by atoms with van der Waals surface area (Å²) in [5, 5.41) is 3.35. The van der Waals surface area contributed by atoms with Crippen molar-refractivity contribution in [2.24, 2.45) is 0 Å². The van der Waals surface area contributed by atoms with Gasteiger partial charge in [0.1, 0.15) is 0 Å². The molecule has 90 valence electrons. The van der Waals surface area contributed by atoms with Crippen LogP contribution < -0.4 is 10.1 Å². The molecule has 4 heteroatoms. The fourth-order valence-electron chi connectivity index (χ4n) is 1.42. The first-order valence-corrected chi connectivity index (χ1v) is 5.52. The molecule has 0 bridgehead atoms. The zero-order valence-corrected chi connectivity index (χ0v) is 10.4. The van der Waals surface area contributed by atoms with Crippen LogP contribution in [0.15, 0.2) is 12.3 Å². The maximum absolute atomic E-state index is 5.35. The van der Waals surface area contributed by atoms with Crippen LogP contribution in [0.25, 0.3) is 0 Å². The van der Waals surface area contributed by atoms with Gasteiger partial charge in [0, 0.05) is 18.3 Å². The highest BCUT2D eigenvalue weighted by atomic mass is 16.5. The van der Waals surface area contributed by atoms with Gasteiger partial charge in [0.05, 0.1) is 25.6 Å². The molecule has 0 saturated heterocycles. The molecule has 0 fully saturated rings. The van der Waals surface area contributed by atoms with E-state index in [9.17, 15) is 0 Å². The number of aromatic nitrogens is 1. The fraction of sp³-hybridized carbons (Fsp3) is 0.583. The Balaban J connectivity index is 2.67. The Morgan fingerprint density at radius 3 is 2.88 bits per heavy atom. The lowest BCUT2D eigenvalue weighted by atomic mass is 10.2. The summed E-state index contributed by atoms with van der Waals surface area (Å²) >= 11 is 0. The minimum absolute atomic E-state index is 0.246. The molecule has 0 aliphatic heterocycles. The topological polar surface area (TPSA) is 43.4 Å². The predicted molar refractivity (Wildman–Crippen MR) is 65.1 cm³/mol. The lowest BCUT2D eigenvalue weighted by molar-refractivity contribution is 0.141. The summed E-state index contributed by atoms with van der Waals surface area (Å²) in [4.78, 5) is 4.18. The Morgan fingerprint density at radius 2 is 2.25 bits per heavy atom. The Labute approximate surface area is 97.0 Å². The van der Waals surface area contributed by atoms with E-state index in [1.807, 2.05) is 19.9 Å². The van der Waals surface area contributed by atoms with Gasteiger partial charge in [-0.25, -0.2) is 0 Å². The SMILES string of the molecule is CCOCC(C)Nc1cc(C)ncc1OC. The first kappa shape index (κ1) is 12.8. The van der Waals surface area contributed by atoms with Crippen molar-refractivity contribution in [1.82, 2.24) is 4.98 Å². The molecule has 0 amide bonds. The summed E-state index contributed by atoms with van der Waals surface area (Å²) in [6, 6.07) is 2.22. The van der Waals surface area contributed by atoms with Crippen LogP contribution >= 0.6 is 0 Å². The van der Waals surface area contributed by atoms with Gasteiger partial charge in [0.15, 0.2) is 5.75 Å². The molecule has 1 N–H and O–H groups in total. The largest absolute Gasteiger partial charge is 0.493 e. The number of methoxy groups -OCH3 is 1. The van der Waals surface area contributed by atoms with Crippen molar-refractivity contribution in [2.75, 3.05) is 25.6 Å². The molecule has 1 rings (SSSR count). The number of rotatable bonds is 6. The second kappa shape index (κ2) is 6.33. The second-order valence-electron chi connectivity index (χ2n) is 3.73. The summed E-state index contributed by atoms with van der Waals surface area (Å²) in [5.74, 6) is 0.758. The molecule has 1 aromatic rings. The van der Waals surface area contributed by atoms with Gasteiger partial charge in [0.25, 0.3) is 0 Å². The zero-order chi connectivity index (χ0) is 12.0. The zero-order valence-electron chi connectivity index (χ0n) is 10.4. The molecule has 0 radical (unpaired) electrons. The Morgan fingerprint density at radius 1 is 1.50 bits per heavy atom. The number of pyridine rings is 1. The van der Waals surface area contributed by atoms with Crippen LogP contribution in [0, 0.1) is 6.92 Å². The van der Waals surface area contributed by atoms with Crippen LogP contribution in [0.3, 0.4) is 0 Å². The molecule has 0 aromatic carbocycles. The van der Waals surface area contributed by atoms with Crippen molar-refractivity contribution in [3.8, 4) is 5.75 Å². The van der Waals surface area contributed by atoms with Crippen molar-refractivity contribution < 1.29 is 9.47 Å². The molecule has 4 nitrogen and oxygen atoms in total. The Bertz CT molecular complexity index is 329. The maximum atomic E-state index is 5.35. The normalized spacial score (nSPS) is 12.2. The van der Waals surface area contributed by atoms with Crippen LogP contribution in [0.2, 0.25) is 0 Å². The van der Waals surface area contributed by atoms with E-state index in [4.69, 9.17) is 9.47 Å². The number of nitrogens with one attached hydrogen (secondary N) is 1. The van der Waals surface area contributed by atoms with E-state index >= 15 is 0 Å². The summed E-state index contributed by atoms with van der Waals surface area (Å²) in [5.41, 5.74) is 1.93. The van der Waals surface area contributed by atoms with Crippen LogP contribution in [0.4, 0.5) is 5.69 Å². The molecular formula is C12H20N2O2. The average Bonchev–Trinajstić information content (AvgIpc) is 2.27. The third-order valence-electron chi connectivity index (χ3n) is 2.20. The van der Waals surface area contributed by atoms with Crippen molar-refractivity contribution in [1.29, 1.82) is 0 Å². The fourth-order valence-corrected chi connectivity index (χ4v) is 1.42. The van der Waals surface area contributed by atoms with E-state index in [0.29, 0.717) is 6.61 Å². The summed E-state index contributed by atoms with van der Waals surface area (Å²) in [7, 11) is 1.64. The number of hydrogen-bond donors (Lipinski definition) is 1. The van der Waals surface area contributed by atoms with Crippen molar-refractivity contribution in [2.45, 2.75) is 26.8 Å². The van der Waals surface area contributed by atoms with Crippen molar-refractivity contribution in [3.05, 3.63) is 18.0 Å². The van der Waals surface area contributed by atoms with E-state index in [-0.39, 0.29) is 6.04 Å². The first-order chi connectivity index (χ1) is 7.67. The lowest BCUT2D eigenvalue weighted by Crippen LogP contribution is -2.22. The van der Waals surface area contributed by atoms with Crippen LogP contribution in [-0.2, 0) is 4.74 Å². The quantitative estimate of drug-likeness (QED) is 0.804. The molecule has 1 atom stereocenters. The van der Waals surface area contributed by atoms with E-state index in [1.54, 1.807) is 13.3 Å². The molecule has 1 heterocycles. The monoisotopic (exact) mass is 224 g/mol. The maximum Gasteiger partial charge on any atom is 0.160 e. The average molecular weight is 224 g/mol. The molecule has 0 aliphatic rings. The van der Waals surface area contributed by atoms with Gasteiger partial charge in [-0.2, -0.15) is 0 Å². The van der Waals surface area contributed by atoms with Gasteiger partial charge >= 0.3 is 0 Å². The third-order valence-corrected chi connectivity index (χ3v) is 2.20. The molecule has 0 aliphatic carbocycles. The van der Waals surface area contributed by atoms with Gasteiger partial charge in [-0.05, 0) is 26.8 Å². The first-order valence-electron chi connectivity index (χ1n) is 5.52. The van der Waals surface area contributed by atoms with Crippen LogP contribution in [0.5, 0.6) is 5.75 Å². The van der Waals surface area contributed by atoms with Crippen molar-refractivity contribution in [3.63, 3.8) is 0 Å². The number of anilines is 1. The number of hydrogen-bond acceptors (Lipinski definition) is 4. The highest BCUT2D eigenvalue weighted by Gasteiger charge is 2.07.